The van der Waals surface area contributed by atoms with Crippen molar-refractivity contribution in [1.82, 2.24) is 0 Å². The zero-order chi connectivity index (χ0) is 20.7. The van der Waals surface area contributed by atoms with E-state index < -0.39 is 58.0 Å². The van der Waals surface area contributed by atoms with Crippen LogP contribution in [0.4, 0.5) is 32.0 Å². The summed E-state index contributed by atoms with van der Waals surface area (Å²) < 4.78 is 88.3. The average molecular weight is 399 g/mol. The van der Waals surface area contributed by atoms with Crippen LogP contribution in [0.1, 0.15) is 13.3 Å². The van der Waals surface area contributed by atoms with E-state index in [0.717, 1.165) is 11.0 Å². The second-order valence-electron chi connectivity index (χ2n) is 5.95. The molecule has 3 nitrogen and oxygen atoms in total. The van der Waals surface area contributed by atoms with Crippen molar-refractivity contribution in [3.63, 3.8) is 0 Å². The van der Waals surface area contributed by atoms with Gasteiger partial charge in [0.05, 0.1) is 11.3 Å². The number of ether oxygens (including phenoxy) is 1. The first kappa shape index (κ1) is 19.6. The first-order valence-electron chi connectivity index (χ1n) is 7.95. The van der Waals surface area contributed by atoms with Crippen molar-refractivity contribution in [3.8, 4) is 29.2 Å². The summed E-state index contributed by atoms with van der Waals surface area (Å²) >= 11 is 0. The summed E-state index contributed by atoms with van der Waals surface area (Å²) in [6.45, 7) is 1.39. The fourth-order valence-electron chi connectivity index (χ4n) is 2.87. The SMILES string of the molecule is C#CCCN1C(=O)[C@H](C)Oc2cc(F)c(-c3c(F)c(F)c(F)c(F)c3F)cc21. The van der Waals surface area contributed by atoms with Crippen molar-refractivity contribution >= 4 is 11.6 Å². The van der Waals surface area contributed by atoms with Gasteiger partial charge in [-0.1, -0.05) is 0 Å². The second-order valence-corrected chi connectivity index (χ2v) is 5.95. The van der Waals surface area contributed by atoms with Gasteiger partial charge in [0.2, 0.25) is 5.82 Å². The van der Waals surface area contributed by atoms with E-state index in [1.807, 2.05) is 0 Å². The zero-order valence-corrected chi connectivity index (χ0v) is 14.3. The molecule has 146 valence electrons. The van der Waals surface area contributed by atoms with Gasteiger partial charge in [-0.25, -0.2) is 26.3 Å². The highest BCUT2D eigenvalue weighted by Crippen LogP contribution is 2.41. The molecule has 3 rings (SSSR count). The molecule has 0 bridgehead atoms. The van der Waals surface area contributed by atoms with Gasteiger partial charge in [-0.2, -0.15) is 0 Å². The van der Waals surface area contributed by atoms with Crippen LogP contribution in [-0.4, -0.2) is 18.6 Å². The molecule has 0 N–H and O–H groups in total. The van der Waals surface area contributed by atoms with Gasteiger partial charge in [0, 0.05) is 24.6 Å². The molecule has 1 heterocycles. The fraction of sp³-hybridized carbons (Fsp3) is 0.211. The molecule has 0 spiro atoms. The first-order valence-corrected chi connectivity index (χ1v) is 7.95. The number of hydrogen-bond donors (Lipinski definition) is 0. The second kappa shape index (κ2) is 7.11. The van der Waals surface area contributed by atoms with E-state index in [2.05, 4.69) is 5.92 Å². The Kier molecular flexibility index (Phi) is 4.98. The lowest BCUT2D eigenvalue weighted by atomic mass is 10.00. The highest BCUT2D eigenvalue weighted by Gasteiger charge is 2.34. The molecule has 1 amide bonds. The van der Waals surface area contributed by atoms with Gasteiger partial charge in [-0.3, -0.25) is 4.79 Å². The molecule has 0 aromatic heterocycles. The summed E-state index contributed by atoms with van der Waals surface area (Å²) in [6.07, 6.45) is 4.30. The number of carbonyl (C=O) groups excluding carboxylic acids is 1. The predicted molar refractivity (Wildman–Crippen MR) is 87.5 cm³/mol. The van der Waals surface area contributed by atoms with Crippen molar-refractivity contribution in [2.45, 2.75) is 19.4 Å². The Labute approximate surface area is 155 Å². The standard InChI is InChI=1S/C19H11F6NO2/c1-3-4-5-26-11-6-9(10(20)7-12(11)28-8(2)19(26)27)13-14(21)16(23)18(25)17(24)15(13)22/h1,6-8H,4-5H2,2H3/t8-/m0/s1. The smallest absolute Gasteiger partial charge is 0.267 e. The number of anilines is 1. The largest absolute Gasteiger partial charge is 0.479 e. The highest BCUT2D eigenvalue weighted by atomic mass is 19.2. The normalized spacial score (nSPS) is 15.9. The number of nitrogens with zero attached hydrogens (tertiary/aromatic N) is 1. The topological polar surface area (TPSA) is 29.5 Å². The lowest BCUT2D eigenvalue weighted by Gasteiger charge is -2.33. The zero-order valence-electron chi connectivity index (χ0n) is 14.3. The van der Waals surface area contributed by atoms with Crippen molar-refractivity contribution in [2.75, 3.05) is 11.4 Å². The van der Waals surface area contributed by atoms with E-state index in [-0.39, 0.29) is 24.4 Å². The van der Waals surface area contributed by atoms with Crippen molar-refractivity contribution < 1.29 is 35.9 Å². The van der Waals surface area contributed by atoms with Gasteiger partial charge in [0.25, 0.3) is 5.91 Å². The molecule has 0 saturated heterocycles. The number of amides is 1. The summed E-state index contributed by atoms with van der Waals surface area (Å²) in [4.78, 5) is 13.4. The Morgan fingerprint density at radius 3 is 2.18 bits per heavy atom. The number of halogens is 6. The number of hydrogen-bond acceptors (Lipinski definition) is 2. The van der Waals surface area contributed by atoms with E-state index in [1.54, 1.807) is 0 Å². The summed E-state index contributed by atoms with van der Waals surface area (Å²) in [6, 6.07) is 1.51. The van der Waals surface area contributed by atoms with E-state index >= 15 is 0 Å². The molecule has 1 atom stereocenters. The van der Waals surface area contributed by atoms with Crippen molar-refractivity contribution in [3.05, 3.63) is 47.0 Å². The van der Waals surface area contributed by atoms with Crippen molar-refractivity contribution in [1.29, 1.82) is 0 Å². The Morgan fingerprint density at radius 2 is 1.61 bits per heavy atom. The number of fused-ring (bicyclic) bond motifs is 1. The molecule has 9 heteroatoms. The van der Waals surface area contributed by atoms with Gasteiger partial charge in [0.15, 0.2) is 29.4 Å². The minimum atomic E-state index is -2.36. The summed E-state index contributed by atoms with van der Waals surface area (Å²) in [7, 11) is 0. The van der Waals surface area contributed by atoms with Crippen LogP contribution in [0.5, 0.6) is 5.75 Å². The lowest BCUT2D eigenvalue weighted by Crippen LogP contribution is -2.44. The van der Waals surface area contributed by atoms with Crippen LogP contribution in [0.3, 0.4) is 0 Å². The molecular weight excluding hydrogens is 388 g/mol. The third-order valence-corrected chi connectivity index (χ3v) is 4.22. The van der Waals surface area contributed by atoms with Crippen LogP contribution in [-0.2, 0) is 4.79 Å². The minimum Gasteiger partial charge on any atom is -0.479 e. The van der Waals surface area contributed by atoms with Gasteiger partial charge in [-0.15, -0.1) is 12.3 Å². The minimum absolute atomic E-state index is 0.0157. The average Bonchev–Trinajstić information content (AvgIpc) is 2.66. The van der Waals surface area contributed by atoms with Gasteiger partial charge < -0.3 is 9.64 Å². The van der Waals surface area contributed by atoms with Gasteiger partial charge >= 0.3 is 0 Å². The molecular formula is C19H11F6NO2. The Balaban J connectivity index is 2.26. The molecule has 0 unspecified atom stereocenters. The maximum absolute atomic E-state index is 14.5. The molecule has 0 radical (unpaired) electrons. The van der Waals surface area contributed by atoms with Crippen LogP contribution >= 0.6 is 0 Å². The van der Waals surface area contributed by atoms with Crippen molar-refractivity contribution in [2.24, 2.45) is 0 Å². The van der Waals surface area contributed by atoms with Crippen LogP contribution in [0.25, 0.3) is 11.1 Å². The molecule has 2 aromatic carbocycles. The Hall–Kier alpha value is -3.15. The van der Waals surface area contributed by atoms with E-state index in [9.17, 15) is 31.1 Å². The van der Waals surface area contributed by atoms with Gasteiger partial charge in [0.1, 0.15) is 11.6 Å². The van der Waals surface area contributed by atoms with Crippen LogP contribution in [0, 0.1) is 47.2 Å². The third-order valence-electron chi connectivity index (χ3n) is 4.22. The van der Waals surface area contributed by atoms with E-state index in [1.165, 1.54) is 6.92 Å². The molecule has 0 aliphatic carbocycles. The number of carbonyl (C=O) groups is 1. The maximum atomic E-state index is 14.5. The predicted octanol–water partition coefficient (Wildman–Crippen LogP) is 4.33. The highest BCUT2D eigenvalue weighted by molar-refractivity contribution is 6.00. The number of benzene rings is 2. The van der Waals surface area contributed by atoms with E-state index in [4.69, 9.17) is 11.2 Å². The quantitative estimate of drug-likeness (QED) is 0.333. The third kappa shape index (κ3) is 2.95. The molecule has 2 aromatic rings. The Bertz CT molecular complexity index is 1000. The molecule has 1 aliphatic rings. The van der Waals surface area contributed by atoms with Crippen LogP contribution in [0.2, 0.25) is 0 Å². The molecule has 0 fully saturated rings. The monoisotopic (exact) mass is 399 g/mol. The Morgan fingerprint density at radius 1 is 1.04 bits per heavy atom. The summed E-state index contributed by atoms with van der Waals surface area (Å²) in [5.41, 5.74) is -2.46. The number of rotatable bonds is 3. The molecule has 1 aliphatic heterocycles. The van der Waals surface area contributed by atoms with E-state index in [0.29, 0.717) is 6.07 Å². The van der Waals surface area contributed by atoms with Gasteiger partial charge in [-0.05, 0) is 13.0 Å². The molecule has 0 saturated carbocycles. The fourth-order valence-corrected chi connectivity index (χ4v) is 2.87. The number of terminal acetylenes is 1. The molecule has 28 heavy (non-hydrogen) atoms. The summed E-state index contributed by atoms with van der Waals surface area (Å²) in [5.74, 6) is -10.8. The van der Waals surface area contributed by atoms with Crippen LogP contribution in [0.15, 0.2) is 12.1 Å². The maximum Gasteiger partial charge on any atom is 0.267 e. The lowest BCUT2D eigenvalue weighted by molar-refractivity contribution is -0.125. The summed E-state index contributed by atoms with van der Waals surface area (Å²) in [5, 5.41) is 0. The van der Waals surface area contributed by atoms with Crippen LogP contribution < -0.4 is 9.64 Å². The first-order chi connectivity index (χ1) is 13.2.